The van der Waals surface area contributed by atoms with Crippen molar-refractivity contribution in [1.82, 2.24) is 9.66 Å². The Bertz CT molecular complexity index is 1090. The zero-order valence-corrected chi connectivity index (χ0v) is 16.3. The molecule has 0 fully saturated rings. The predicted octanol–water partition coefficient (Wildman–Crippen LogP) is 2.90. The largest absolute Gasteiger partial charge is 0.481 e. The van der Waals surface area contributed by atoms with Gasteiger partial charge in [-0.05, 0) is 37.3 Å². The topological polar surface area (TPSA) is 82.8 Å². The highest BCUT2D eigenvalue weighted by molar-refractivity contribution is 9.10. The van der Waals surface area contributed by atoms with Crippen LogP contribution in [0.4, 0.5) is 0 Å². The van der Waals surface area contributed by atoms with Gasteiger partial charge in [-0.1, -0.05) is 28.1 Å². The fraction of sp³-hybridized carbons (Fsp3) is 0.158. The maximum atomic E-state index is 12.8. The minimum absolute atomic E-state index is 0.216. The summed E-state index contributed by atoms with van der Waals surface area (Å²) in [5.74, 6) is 0.422. The van der Waals surface area contributed by atoms with Crippen LogP contribution in [-0.2, 0) is 9.53 Å². The van der Waals surface area contributed by atoms with E-state index in [0.717, 1.165) is 4.47 Å². The van der Waals surface area contributed by atoms with E-state index in [0.29, 0.717) is 28.0 Å². The van der Waals surface area contributed by atoms with E-state index in [-0.39, 0.29) is 12.2 Å². The lowest BCUT2D eigenvalue weighted by atomic mass is 10.2. The van der Waals surface area contributed by atoms with Crippen LogP contribution in [-0.4, -0.2) is 35.6 Å². The van der Waals surface area contributed by atoms with E-state index in [9.17, 15) is 9.59 Å². The Morgan fingerprint density at radius 1 is 1.30 bits per heavy atom. The number of para-hydroxylation sites is 1. The van der Waals surface area contributed by atoms with Gasteiger partial charge in [-0.3, -0.25) is 4.79 Å². The number of methoxy groups -OCH3 is 1. The summed E-state index contributed by atoms with van der Waals surface area (Å²) in [5, 5.41) is 4.73. The zero-order chi connectivity index (χ0) is 19.4. The van der Waals surface area contributed by atoms with Gasteiger partial charge in [-0.15, -0.1) is 0 Å². The van der Waals surface area contributed by atoms with Crippen molar-refractivity contribution in [2.75, 3.05) is 13.7 Å². The van der Waals surface area contributed by atoms with E-state index in [1.54, 1.807) is 43.3 Å². The number of carbonyl (C=O) groups is 1. The van der Waals surface area contributed by atoms with Crippen molar-refractivity contribution in [1.29, 1.82) is 0 Å². The van der Waals surface area contributed by atoms with Crippen LogP contribution in [0.1, 0.15) is 11.4 Å². The minimum atomic E-state index is -0.488. The molecule has 27 heavy (non-hydrogen) atoms. The Morgan fingerprint density at radius 2 is 2.07 bits per heavy atom. The van der Waals surface area contributed by atoms with E-state index in [1.165, 1.54) is 18.0 Å². The minimum Gasteiger partial charge on any atom is -0.481 e. The lowest BCUT2D eigenvalue weighted by Crippen LogP contribution is -2.20. The normalized spacial score (nSPS) is 11.1. The maximum Gasteiger partial charge on any atom is 0.343 e. The summed E-state index contributed by atoms with van der Waals surface area (Å²) in [4.78, 5) is 28.5. The first kappa shape index (κ1) is 18.8. The third-order valence-corrected chi connectivity index (χ3v) is 4.27. The van der Waals surface area contributed by atoms with Crippen LogP contribution in [0, 0.1) is 6.92 Å². The van der Waals surface area contributed by atoms with Crippen LogP contribution in [0.15, 0.2) is 56.8 Å². The molecule has 0 N–H and O–H groups in total. The first-order chi connectivity index (χ1) is 13.0. The molecule has 7 nitrogen and oxygen atoms in total. The lowest BCUT2D eigenvalue weighted by molar-refractivity contribution is -0.142. The summed E-state index contributed by atoms with van der Waals surface area (Å²) < 4.78 is 12.0. The standard InChI is InChI=1S/C19H16BrN3O4/c1-12-22-16-8-7-14(20)9-15(16)19(25)23(12)21-10-13-5-3-4-6-17(13)27-11-18(24)26-2/h3-10H,11H2,1-2H3. The van der Waals surface area contributed by atoms with Gasteiger partial charge >= 0.3 is 5.97 Å². The molecule has 2 aromatic carbocycles. The number of nitrogens with zero attached hydrogens (tertiary/aromatic N) is 3. The number of aryl methyl sites for hydroxylation is 1. The molecule has 0 saturated heterocycles. The van der Waals surface area contributed by atoms with E-state index in [4.69, 9.17) is 4.74 Å². The van der Waals surface area contributed by atoms with Gasteiger partial charge in [0.15, 0.2) is 6.61 Å². The Labute approximate surface area is 163 Å². The van der Waals surface area contributed by atoms with Gasteiger partial charge in [0.1, 0.15) is 11.6 Å². The third-order valence-electron chi connectivity index (χ3n) is 3.77. The Balaban J connectivity index is 1.97. The molecule has 1 heterocycles. The highest BCUT2D eigenvalue weighted by atomic mass is 79.9. The molecule has 0 aliphatic rings. The number of ether oxygens (including phenoxy) is 2. The number of hydrogen-bond acceptors (Lipinski definition) is 6. The van der Waals surface area contributed by atoms with Crippen LogP contribution in [0.5, 0.6) is 5.75 Å². The molecule has 0 saturated carbocycles. The second kappa shape index (κ2) is 8.13. The zero-order valence-electron chi connectivity index (χ0n) is 14.7. The fourth-order valence-corrected chi connectivity index (χ4v) is 2.79. The molecule has 0 bridgehead atoms. The number of esters is 1. The van der Waals surface area contributed by atoms with Gasteiger partial charge in [0, 0.05) is 10.0 Å². The summed E-state index contributed by atoms with van der Waals surface area (Å²) in [5.41, 5.74) is 0.944. The molecule has 0 spiro atoms. The summed E-state index contributed by atoms with van der Waals surface area (Å²) in [6.45, 7) is 1.49. The molecule has 0 amide bonds. The number of fused-ring (bicyclic) bond motifs is 1. The molecule has 1 aromatic heterocycles. The van der Waals surface area contributed by atoms with E-state index >= 15 is 0 Å². The van der Waals surface area contributed by atoms with Crippen molar-refractivity contribution in [3.05, 3.63) is 68.7 Å². The molecule has 138 valence electrons. The van der Waals surface area contributed by atoms with Crippen LogP contribution in [0.3, 0.4) is 0 Å². The molecular weight excluding hydrogens is 414 g/mol. The van der Waals surface area contributed by atoms with Crippen molar-refractivity contribution < 1.29 is 14.3 Å². The Kier molecular flexibility index (Phi) is 5.66. The van der Waals surface area contributed by atoms with Crippen molar-refractivity contribution in [2.45, 2.75) is 6.92 Å². The second-order valence-electron chi connectivity index (χ2n) is 5.58. The van der Waals surface area contributed by atoms with Gasteiger partial charge < -0.3 is 9.47 Å². The number of carbonyl (C=O) groups excluding carboxylic acids is 1. The SMILES string of the molecule is COC(=O)COc1ccccc1C=Nn1c(C)nc2ccc(Br)cc2c1=O. The maximum absolute atomic E-state index is 12.8. The first-order valence-electron chi connectivity index (χ1n) is 8.01. The molecule has 3 aromatic rings. The van der Waals surface area contributed by atoms with Crippen LogP contribution in [0.2, 0.25) is 0 Å². The van der Waals surface area contributed by atoms with E-state index in [2.05, 4.69) is 30.8 Å². The number of aromatic nitrogens is 2. The van der Waals surface area contributed by atoms with Crippen molar-refractivity contribution in [3.63, 3.8) is 0 Å². The quantitative estimate of drug-likeness (QED) is 0.459. The van der Waals surface area contributed by atoms with Crippen LogP contribution >= 0.6 is 15.9 Å². The average molecular weight is 430 g/mol. The second-order valence-corrected chi connectivity index (χ2v) is 6.50. The van der Waals surface area contributed by atoms with Crippen molar-refractivity contribution >= 4 is 39.0 Å². The highest BCUT2D eigenvalue weighted by Gasteiger charge is 2.09. The van der Waals surface area contributed by atoms with Crippen LogP contribution < -0.4 is 10.3 Å². The lowest BCUT2D eigenvalue weighted by Gasteiger charge is -2.08. The fourth-order valence-electron chi connectivity index (χ4n) is 2.43. The molecule has 0 radical (unpaired) electrons. The monoisotopic (exact) mass is 429 g/mol. The van der Waals surface area contributed by atoms with Gasteiger partial charge in [0.2, 0.25) is 0 Å². The summed E-state index contributed by atoms with van der Waals surface area (Å²) in [7, 11) is 1.29. The molecule has 8 heteroatoms. The molecule has 3 rings (SSSR count). The van der Waals surface area contributed by atoms with Gasteiger partial charge in [-0.25, -0.2) is 9.78 Å². The summed E-state index contributed by atoms with van der Waals surface area (Å²) in [6.07, 6.45) is 1.49. The number of rotatable bonds is 5. The predicted molar refractivity (Wildman–Crippen MR) is 105 cm³/mol. The Hall–Kier alpha value is -3.00. The first-order valence-corrected chi connectivity index (χ1v) is 8.81. The van der Waals surface area contributed by atoms with Crippen LogP contribution in [0.25, 0.3) is 10.9 Å². The molecule has 0 aliphatic carbocycles. The van der Waals surface area contributed by atoms with Gasteiger partial charge in [0.25, 0.3) is 5.56 Å². The number of halogens is 1. The van der Waals surface area contributed by atoms with Crippen molar-refractivity contribution in [3.8, 4) is 5.75 Å². The summed E-state index contributed by atoms with van der Waals surface area (Å²) in [6, 6.07) is 12.4. The smallest absolute Gasteiger partial charge is 0.343 e. The van der Waals surface area contributed by atoms with E-state index in [1.807, 2.05) is 6.07 Å². The molecular formula is C19H16BrN3O4. The molecule has 0 unspecified atom stereocenters. The number of benzene rings is 2. The van der Waals surface area contributed by atoms with Crippen molar-refractivity contribution in [2.24, 2.45) is 5.10 Å². The Morgan fingerprint density at radius 3 is 2.85 bits per heavy atom. The third kappa shape index (κ3) is 4.22. The summed E-state index contributed by atoms with van der Waals surface area (Å²) >= 11 is 3.36. The number of hydrogen-bond donors (Lipinski definition) is 0. The van der Waals surface area contributed by atoms with Gasteiger partial charge in [0.05, 0.1) is 24.2 Å². The highest BCUT2D eigenvalue weighted by Crippen LogP contribution is 2.17. The average Bonchev–Trinajstić information content (AvgIpc) is 2.67. The molecule has 0 atom stereocenters. The van der Waals surface area contributed by atoms with Gasteiger partial charge in [-0.2, -0.15) is 9.78 Å². The van der Waals surface area contributed by atoms with E-state index < -0.39 is 5.97 Å². The molecule has 0 aliphatic heterocycles.